The monoisotopic (exact) mass is 227 g/mol. The van der Waals surface area contributed by atoms with Gasteiger partial charge in [0.05, 0.1) is 0 Å². The topological polar surface area (TPSA) is 65.8 Å². The summed E-state index contributed by atoms with van der Waals surface area (Å²) >= 11 is 0. The highest BCUT2D eigenvalue weighted by atomic mass is 16.1. The minimum Gasteiger partial charge on any atom is -0.294 e. The fourth-order valence-corrected chi connectivity index (χ4v) is 2.06. The van der Waals surface area contributed by atoms with Gasteiger partial charge in [-0.2, -0.15) is 0 Å². The summed E-state index contributed by atoms with van der Waals surface area (Å²) in [5.74, 6) is 0.240. The molecule has 0 spiro atoms. The lowest BCUT2D eigenvalue weighted by Crippen LogP contribution is -1.91. The van der Waals surface area contributed by atoms with Crippen molar-refractivity contribution in [2.45, 2.75) is 19.3 Å². The molecule has 0 radical (unpaired) electrons. The van der Waals surface area contributed by atoms with Crippen LogP contribution in [0.1, 0.15) is 34.3 Å². The Morgan fingerprint density at radius 3 is 3.12 bits per heavy atom. The maximum atomic E-state index is 11.6. The summed E-state index contributed by atoms with van der Waals surface area (Å²) in [5, 5.41) is 3.46. The molecule has 0 bridgehead atoms. The number of rotatable bonds is 4. The molecule has 0 N–H and O–H groups in total. The van der Waals surface area contributed by atoms with E-state index in [9.17, 15) is 4.79 Å². The summed E-state index contributed by atoms with van der Waals surface area (Å²) in [4.78, 5) is 14.2. The molecule has 17 heavy (non-hydrogen) atoms. The third-order valence-electron chi connectivity index (χ3n) is 2.87. The highest BCUT2D eigenvalue weighted by molar-refractivity contribution is 6.01. The van der Waals surface area contributed by atoms with Crippen LogP contribution in [-0.2, 0) is 6.42 Å². The molecule has 1 aliphatic rings. The van der Waals surface area contributed by atoms with Crippen LogP contribution >= 0.6 is 0 Å². The van der Waals surface area contributed by atoms with Gasteiger partial charge in [0.1, 0.15) is 0 Å². The predicted molar refractivity (Wildman–Crippen MR) is 66.8 cm³/mol. The molecular formula is C13H13N3O. The van der Waals surface area contributed by atoms with Gasteiger partial charge in [0, 0.05) is 23.4 Å². The van der Waals surface area contributed by atoms with E-state index < -0.39 is 0 Å². The van der Waals surface area contributed by atoms with Gasteiger partial charge in [-0.1, -0.05) is 35.5 Å². The van der Waals surface area contributed by atoms with Crippen molar-refractivity contribution in [3.8, 4) is 0 Å². The Bertz CT molecular complexity index is 513. The van der Waals surface area contributed by atoms with Gasteiger partial charge in [-0.05, 0) is 29.5 Å². The van der Waals surface area contributed by atoms with Crippen LogP contribution in [0.3, 0.4) is 0 Å². The molecule has 2 rings (SSSR count). The number of nitrogens with zero attached hydrogens (tertiary/aromatic N) is 3. The van der Waals surface area contributed by atoms with E-state index >= 15 is 0 Å². The zero-order valence-electron chi connectivity index (χ0n) is 9.47. The van der Waals surface area contributed by atoms with E-state index in [4.69, 9.17) is 5.53 Å². The molecule has 1 aliphatic carbocycles. The molecule has 0 heterocycles. The molecule has 0 fully saturated rings. The van der Waals surface area contributed by atoms with E-state index in [0.29, 0.717) is 13.0 Å². The molecule has 0 aromatic heterocycles. The minimum absolute atomic E-state index is 0.240. The normalized spacial score (nSPS) is 13.8. The average Bonchev–Trinajstić information content (AvgIpc) is 2.72. The van der Waals surface area contributed by atoms with Crippen LogP contribution in [0.15, 0.2) is 29.4 Å². The molecule has 0 saturated heterocycles. The first-order chi connectivity index (χ1) is 8.33. The van der Waals surface area contributed by atoms with Gasteiger partial charge in [-0.3, -0.25) is 4.79 Å². The fraction of sp³-hybridized carbons (Fsp3) is 0.308. The summed E-state index contributed by atoms with van der Waals surface area (Å²) in [6.45, 7) is 0.473. The number of hydrogen-bond donors (Lipinski definition) is 0. The highest BCUT2D eigenvalue weighted by Crippen LogP contribution is 2.26. The van der Waals surface area contributed by atoms with E-state index in [0.717, 1.165) is 29.5 Å². The van der Waals surface area contributed by atoms with Gasteiger partial charge >= 0.3 is 0 Å². The van der Waals surface area contributed by atoms with Crippen LogP contribution in [0.2, 0.25) is 0 Å². The number of ketones is 1. The Morgan fingerprint density at radius 2 is 2.29 bits per heavy atom. The van der Waals surface area contributed by atoms with E-state index in [-0.39, 0.29) is 5.78 Å². The largest absolute Gasteiger partial charge is 0.294 e. The first-order valence-corrected chi connectivity index (χ1v) is 5.65. The third-order valence-corrected chi connectivity index (χ3v) is 2.87. The zero-order chi connectivity index (χ0) is 12.1. The predicted octanol–water partition coefficient (Wildman–Crippen LogP) is 3.53. The Morgan fingerprint density at radius 1 is 1.41 bits per heavy atom. The lowest BCUT2D eigenvalue weighted by molar-refractivity contribution is 0.0994. The summed E-state index contributed by atoms with van der Waals surface area (Å²) < 4.78 is 0. The molecule has 4 heteroatoms. The SMILES string of the molecule is [N-]=[N+]=NCCC=Cc1cccc2c1CCC2=O. The Kier molecular flexibility index (Phi) is 3.58. The Hall–Kier alpha value is -2.06. The number of carbonyl (C=O) groups excluding carboxylic acids is 1. The van der Waals surface area contributed by atoms with Crippen molar-refractivity contribution >= 4 is 11.9 Å². The van der Waals surface area contributed by atoms with Crippen LogP contribution in [0.4, 0.5) is 0 Å². The molecule has 0 aliphatic heterocycles. The lowest BCUT2D eigenvalue weighted by atomic mass is 10.0. The standard InChI is InChI=1S/C13H13N3O/c14-16-15-9-2-1-4-10-5-3-6-12-11(10)7-8-13(12)17/h1,3-6H,2,7-9H2. The van der Waals surface area contributed by atoms with Crippen LogP contribution in [0.5, 0.6) is 0 Å². The molecule has 1 aromatic carbocycles. The second kappa shape index (κ2) is 5.32. The van der Waals surface area contributed by atoms with E-state index in [1.54, 1.807) is 0 Å². The molecule has 86 valence electrons. The number of azide groups is 1. The van der Waals surface area contributed by atoms with Gasteiger partial charge in [0.2, 0.25) is 0 Å². The quantitative estimate of drug-likeness (QED) is 0.336. The highest BCUT2D eigenvalue weighted by Gasteiger charge is 2.20. The molecule has 0 unspecified atom stereocenters. The molecular weight excluding hydrogens is 214 g/mol. The van der Waals surface area contributed by atoms with Crippen molar-refractivity contribution in [1.29, 1.82) is 0 Å². The Balaban J connectivity index is 2.12. The van der Waals surface area contributed by atoms with Crippen molar-refractivity contribution in [3.63, 3.8) is 0 Å². The van der Waals surface area contributed by atoms with Gasteiger partial charge in [0.15, 0.2) is 5.78 Å². The molecule has 1 aromatic rings. The van der Waals surface area contributed by atoms with Crippen molar-refractivity contribution in [2.75, 3.05) is 6.54 Å². The summed E-state index contributed by atoms with van der Waals surface area (Å²) in [5.41, 5.74) is 11.3. The Labute approximate surface area is 99.6 Å². The van der Waals surface area contributed by atoms with Crippen LogP contribution in [0, 0.1) is 0 Å². The maximum Gasteiger partial charge on any atom is 0.163 e. The summed E-state index contributed by atoms with van der Waals surface area (Å²) in [6.07, 6.45) is 6.17. The van der Waals surface area contributed by atoms with E-state index in [1.807, 2.05) is 30.4 Å². The van der Waals surface area contributed by atoms with Gasteiger partial charge in [-0.25, -0.2) is 0 Å². The van der Waals surface area contributed by atoms with Crippen molar-refractivity contribution in [2.24, 2.45) is 5.11 Å². The number of carbonyl (C=O) groups is 1. The molecule has 4 nitrogen and oxygen atoms in total. The fourth-order valence-electron chi connectivity index (χ4n) is 2.06. The third kappa shape index (κ3) is 2.55. The van der Waals surface area contributed by atoms with Gasteiger partial charge < -0.3 is 0 Å². The van der Waals surface area contributed by atoms with E-state index in [2.05, 4.69) is 10.0 Å². The first kappa shape index (κ1) is 11.4. The van der Waals surface area contributed by atoms with Crippen molar-refractivity contribution in [1.82, 2.24) is 0 Å². The second-order valence-electron chi connectivity index (χ2n) is 3.94. The summed E-state index contributed by atoms with van der Waals surface area (Å²) in [7, 11) is 0. The number of Topliss-reactive ketones (excluding diaryl/α,β-unsaturated/α-hetero) is 1. The maximum absolute atomic E-state index is 11.6. The van der Waals surface area contributed by atoms with E-state index in [1.165, 1.54) is 0 Å². The van der Waals surface area contributed by atoms with Crippen LogP contribution in [-0.4, -0.2) is 12.3 Å². The van der Waals surface area contributed by atoms with Gasteiger partial charge in [0.25, 0.3) is 0 Å². The smallest absolute Gasteiger partial charge is 0.163 e. The van der Waals surface area contributed by atoms with Gasteiger partial charge in [-0.15, -0.1) is 0 Å². The summed E-state index contributed by atoms with van der Waals surface area (Å²) in [6, 6.07) is 5.82. The van der Waals surface area contributed by atoms with Crippen LogP contribution < -0.4 is 0 Å². The van der Waals surface area contributed by atoms with Crippen molar-refractivity contribution in [3.05, 3.63) is 51.4 Å². The number of benzene rings is 1. The number of fused-ring (bicyclic) bond motifs is 1. The lowest BCUT2D eigenvalue weighted by Gasteiger charge is -2.02. The minimum atomic E-state index is 0.240. The molecule has 0 amide bonds. The zero-order valence-corrected chi connectivity index (χ0v) is 9.47. The first-order valence-electron chi connectivity index (χ1n) is 5.65. The van der Waals surface area contributed by atoms with Crippen LogP contribution in [0.25, 0.3) is 16.5 Å². The van der Waals surface area contributed by atoms with Crippen molar-refractivity contribution < 1.29 is 4.79 Å². The average molecular weight is 227 g/mol. The molecule has 0 atom stereocenters. The number of hydrogen-bond acceptors (Lipinski definition) is 2. The second-order valence-corrected chi connectivity index (χ2v) is 3.94. The molecule has 0 saturated carbocycles.